The normalized spacial score (nSPS) is 10.3. The number of H-pyrrole nitrogens is 1. The van der Waals surface area contributed by atoms with Crippen LogP contribution in [0.4, 0.5) is 10.8 Å². The van der Waals surface area contributed by atoms with Gasteiger partial charge in [-0.3, -0.25) is 5.10 Å². The van der Waals surface area contributed by atoms with Crippen LogP contribution in [-0.2, 0) is 0 Å². The molecule has 0 radical (unpaired) electrons. The second kappa shape index (κ2) is 4.42. The fourth-order valence-corrected chi connectivity index (χ4v) is 2.44. The van der Waals surface area contributed by atoms with Crippen LogP contribution in [0.2, 0.25) is 0 Å². The van der Waals surface area contributed by atoms with Gasteiger partial charge in [-0.05, 0) is 42.9 Å². The number of hydrogen-bond donors (Lipinski definition) is 2. The first kappa shape index (κ1) is 10.8. The summed E-state index contributed by atoms with van der Waals surface area (Å²) in [5, 5.41) is 10.8. The van der Waals surface area contributed by atoms with Gasteiger partial charge in [0.05, 0.1) is 0 Å². The Balaban J connectivity index is 2.28. The van der Waals surface area contributed by atoms with Gasteiger partial charge in [0, 0.05) is 10.2 Å². The standard InChI is InChI=1S/C9H8BrN3S2/c1-5-4-6(10)2-3-7(5)11-8-12-13-9(14)15-8/h2-4H,1H3,(H,11,12)(H,13,14). The van der Waals surface area contributed by atoms with E-state index in [2.05, 4.69) is 31.4 Å². The lowest BCUT2D eigenvalue weighted by Crippen LogP contribution is -1.92. The van der Waals surface area contributed by atoms with Crippen molar-refractivity contribution in [1.29, 1.82) is 0 Å². The summed E-state index contributed by atoms with van der Waals surface area (Å²) < 4.78 is 1.74. The number of aromatic amines is 1. The molecule has 0 bridgehead atoms. The van der Waals surface area contributed by atoms with Crippen molar-refractivity contribution in [1.82, 2.24) is 10.2 Å². The molecule has 2 rings (SSSR count). The van der Waals surface area contributed by atoms with Crippen molar-refractivity contribution in [2.24, 2.45) is 0 Å². The highest BCUT2D eigenvalue weighted by molar-refractivity contribution is 9.10. The molecule has 6 heteroatoms. The first-order valence-electron chi connectivity index (χ1n) is 4.24. The summed E-state index contributed by atoms with van der Waals surface area (Å²) in [6, 6.07) is 6.04. The van der Waals surface area contributed by atoms with Crippen molar-refractivity contribution < 1.29 is 0 Å². The zero-order valence-corrected chi connectivity index (χ0v) is 11.1. The second-order valence-corrected chi connectivity index (χ2v) is 5.58. The average Bonchev–Trinajstić information content (AvgIpc) is 2.56. The number of benzene rings is 1. The average molecular weight is 302 g/mol. The predicted molar refractivity (Wildman–Crippen MR) is 69.5 cm³/mol. The molecule has 0 saturated heterocycles. The van der Waals surface area contributed by atoms with Crippen molar-refractivity contribution >= 4 is 50.3 Å². The molecule has 1 aromatic carbocycles. The molecule has 1 heterocycles. The summed E-state index contributed by atoms with van der Waals surface area (Å²) >= 11 is 9.80. The first-order valence-corrected chi connectivity index (χ1v) is 6.25. The lowest BCUT2D eigenvalue weighted by atomic mass is 10.2. The maximum absolute atomic E-state index is 4.96. The van der Waals surface area contributed by atoms with Crippen LogP contribution in [0, 0.1) is 10.9 Å². The smallest absolute Gasteiger partial charge is 0.208 e. The van der Waals surface area contributed by atoms with Crippen LogP contribution in [0.25, 0.3) is 0 Å². The zero-order chi connectivity index (χ0) is 10.8. The summed E-state index contributed by atoms with van der Waals surface area (Å²) in [5.74, 6) is 0. The van der Waals surface area contributed by atoms with Gasteiger partial charge in [-0.15, -0.1) is 5.10 Å². The van der Waals surface area contributed by atoms with Crippen LogP contribution in [0.3, 0.4) is 0 Å². The summed E-state index contributed by atoms with van der Waals surface area (Å²) in [7, 11) is 0. The predicted octanol–water partition coefficient (Wildman–Crippen LogP) is 4.02. The van der Waals surface area contributed by atoms with Crippen LogP contribution < -0.4 is 5.32 Å². The minimum absolute atomic E-state index is 0.673. The van der Waals surface area contributed by atoms with E-state index in [9.17, 15) is 0 Å². The minimum atomic E-state index is 0.673. The number of nitrogens with zero attached hydrogens (tertiary/aromatic N) is 1. The SMILES string of the molecule is Cc1cc(Br)ccc1Nc1n[nH]c(=S)s1. The van der Waals surface area contributed by atoms with E-state index in [4.69, 9.17) is 12.2 Å². The molecule has 0 fully saturated rings. The molecule has 0 amide bonds. The molecule has 0 saturated carbocycles. The van der Waals surface area contributed by atoms with E-state index in [-0.39, 0.29) is 0 Å². The van der Waals surface area contributed by atoms with E-state index >= 15 is 0 Å². The summed E-state index contributed by atoms with van der Waals surface area (Å²) in [4.78, 5) is 0. The van der Waals surface area contributed by atoms with E-state index in [0.29, 0.717) is 3.95 Å². The highest BCUT2D eigenvalue weighted by Gasteiger charge is 2.01. The fourth-order valence-electron chi connectivity index (χ4n) is 1.17. The number of hydrogen-bond acceptors (Lipinski definition) is 4. The van der Waals surface area contributed by atoms with Crippen molar-refractivity contribution in [2.75, 3.05) is 5.32 Å². The molecule has 78 valence electrons. The monoisotopic (exact) mass is 301 g/mol. The van der Waals surface area contributed by atoms with Crippen LogP contribution in [0.5, 0.6) is 0 Å². The molecular weight excluding hydrogens is 294 g/mol. The molecule has 2 N–H and O–H groups in total. The van der Waals surface area contributed by atoms with Gasteiger partial charge in [-0.1, -0.05) is 27.3 Å². The Bertz CT molecular complexity index is 532. The molecule has 0 aliphatic rings. The quantitative estimate of drug-likeness (QED) is 0.823. The van der Waals surface area contributed by atoms with Gasteiger partial charge in [0.15, 0.2) is 3.95 Å². The molecular formula is C9H8BrN3S2. The van der Waals surface area contributed by atoms with E-state index in [1.165, 1.54) is 11.3 Å². The highest BCUT2D eigenvalue weighted by atomic mass is 79.9. The van der Waals surface area contributed by atoms with Gasteiger partial charge in [-0.2, -0.15) is 0 Å². The third kappa shape index (κ3) is 2.64. The van der Waals surface area contributed by atoms with Gasteiger partial charge in [-0.25, -0.2) is 0 Å². The number of rotatable bonds is 2. The maximum atomic E-state index is 4.96. The largest absolute Gasteiger partial charge is 0.330 e. The molecule has 1 aromatic heterocycles. The lowest BCUT2D eigenvalue weighted by molar-refractivity contribution is 1.08. The number of anilines is 2. The molecule has 3 nitrogen and oxygen atoms in total. The lowest BCUT2D eigenvalue weighted by Gasteiger charge is -2.05. The number of aromatic nitrogens is 2. The molecule has 0 spiro atoms. The van der Waals surface area contributed by atoms with Crippen LogP contribution in [-0.4, -0.2) is 10.2 Å². The van der Waals surface area contributed by atoms with E-state index < -0.39 is 0 Å². The van der Waals surface area contributed by atoms with E-state index in [1.54, 1.807) is 0 Å². The highest BCUT2D eigenvalue weighted by Crippen LogP contribution is 2.24. The zero-order valence-electron chi connectivity index (χ0n) is 7.87. The molecule has 0 atom stereocenters. The van der Waals surface area contributed by atoms with Gasteiger partial charge < -0.3 is 5.32 Å². The Labute approximate surface area is 105 Å². The number of halogens is 1. The Kier molecular flexibility index (Phi) is 3.18. The maximum Gasteiger partial charge on any atom is 0.208 e. The van der Waals surface area contributed by atoms with Crippen LogP contribution >= 0.6 is 39.5 Å². The Morgan fingerprint density at radius 2 is 2.33 bits per heavy atom. The van der Waals surface area contributed by atoms with Crippen LogP contribution in [0.15, 0.2) is 22.7 Å². The van der Waals surface area contributed by atoms with E-state index in [1.807, 2.05) is 25.1 Å². The first-order chi connectivity index (χ1) is 7.15. The van der Waals surface area contributed by atoms with Crippen molar-refractivity contribution in [2.45, 2.75) is 6.92 Å². The van der Waals surface area contributed by atoms with Crippen molar-refractivity contribution in [3.8, 4) is 0 Å². The molecule has 2 aromatic rings. The summed E-state index contributed by atoms with van der Waals surface area (Å²) in [6.45, 7) is 2.04. The third-order valence-corrected chi connectivity index (χ3v) is 3.37. The van der Waals surface area contributed by atoms with Gasteiger partial charge in [0.2, 0.25) is 5.13 Å². The van der Waals surface area contributed by atoms with E-state index in [0.717, 1.165) is 20.9 Å². The van der Waals surface area contributed by atoms with Crippen molar-refractivity contribution in [3.63, 3.8) is 0 Å². The van der Waals surface area contributed by atoms with Gasteiger partial charge >= 0.3 is 0 Å². The summed E-state index contributed by atoms with van der Waals surface area (Å²) in [5.41, 5.74) is 2.20. The fraction of sp³-hybridized carbons (Fsp3) is 0.111. The molecule has 15 heavy (non-hydrogen) atoms. The van der Waals surface area contributed by atoms with Gasteiger partial charge in [0.25, 0.3) is 0 Å². The number of aryl methyl sites for hydroxylation is 1. The molecule has 0 aliphatic heterocycles. The summed E-state index contributed by atoms with van der Waals surface area (Å²) in [6.07, 6.45) is 0. The number of nitrogens with one attached hydrogen (secondary N) is 2. The minimum Gasteiger partial charge on any atom is -0.330 e. The Hall–Kier alpha value is -0.720. The molecule has 0 unspecified atom stereocenters. The van der Waals surface area contributed by atoms with Gasteiger partial charge in [0.1, 0.15) is 0 Å². The van der Waals surface area contributed by atoms with Crippen LogP contribution in [0.1, 0.15) is 5.56 Å². The molecule has 0 aliphatic carbocycles. The second-order valence-electron chi connectivity index (χ2n) is 3.00. The topological polar surface area (TPSA) is 40.7 Å². The Morgan fingerprint density at radius 1 is 1.53 bits per heavy atom. The Morgan fingerprint density at radius 3 is 2.93 bits per heavy atom. The third-order valence-electron chi connectivity index (χ3n) is 1.87. The van der Waals surface area contributed by atoms with Crippen molar-refractivity contribution in [3.05, 3.63) is 32.2 Å².